The minimum absolute atomic E-state index is 0.117. The third-order valence-corrected chi connectivity index (χ3v) is 2.68. The van der Waals surface area contributed by atoms with Crippen molar-refractivity contribution in [1.82, 2.24) is 10.2 Å². The van der Waals surface area contributed by atoms with E-state index in [1.807, 2.05) is 25.1 Å². The summed E-state index contributed by atoms with van der Waals surface area (Å²) in [5.41, 5.74) is 1.06. The molecule has 0 aromatic heterocycles. The standard InChI is InChI=1S/C13H14N2O4/c1-9-3-2-4-10(7-9)19-6-5-15-12(17)8-11(16)14-13(15)18/h2-4,7H,5-6,8H2,1H3,(H,14,16,18). The lowest BCUT2D eigenvalue weighted by Gasteiger charge is -2.24. The van der Waals surface area contributed by atoms with Gasteiger partial charge in [-0.1, -0.05) is 12.1 Å². The number of nitrogens with zero attached hydrogens (tertiary/aromatic N) is 1. The van der Waals surface area contributed by atoms with Gasteiger partial charge in [0.25, 0.3) is 0 Å². The van der Waals surface area contributed by atoms with Crippen LogP contribution < -0.4 is 10.1 Å². The molecule has 19 heavy (non-hydrogen) atoms. The predicted molar refractivity (Wildman–Crippen MR) is 66.5 cm³/mol. The Morgan fingerprint density at radius 2 is 2.11 bits per heavy atom. The first kappa shape index (κ1) is 13.1. The number of amides is 4. The van der Waals surface area contributed by atoms with Gasteiger partial charge < -0.3 is 4.74 Å². The lowest BCUT2D eigenvalue weighted by Crippen LogP contribution is -2.53. The Morgan fingerprint density at radius 1 is 1.32 bits per heavy atom. The molecule has 1 aromatic rings. The summed E-state index contributed by atoms with van der Waals surface area (Å²) < 4.78 is 5.45. The maximum atomic E-state index is 11.5. The van der Waals surface area contributed by atoms with Crippen LogP contribution in [0.15, 0.2) is 24.3 Å². The fraction of sp³-hybridized carbons (Fsp3) is 0.308. The van der Waals surface area contributed by atoms with Gasteiger partial charge in [0.1, 0.15) is 18.8 Å². The molecule has 1 aromatic carbocycles. The van der Waals surface area contributed by atoms with Crippen LogP contribution in [0, 0.1) is 6.92 Å². The maximum absolute atomic E-state index is 11.5. The Balaban J connectivity index is 1.87. The molecule has 0 unspecified atom stereocenters. The third kappa shape index (κ3) is 3.31. The van der Waals surface area contributed by atoms with E-state index in [9.17, 15) is 14.4 Å². The number of rotatable bonds is 4. The van der Waals surface area contributed by atoms with Gasteiger partial charge in [-0.3, -0.25) is 19.8 Å². The molecular weight excluding hydrogens is 248 g/mol. The van der Waals surface area contributed by atoms with Gasteiger partial charge in [-0.2, -0.15) is 0 Å². The van der Waals surface area contributed by atoms with Crippen LogP contribution >= 0.6 is 0 Å². The second-order valence-electron chi connectivity index (χ2n) is 4.24. The predicted octanol–water partition coefficient (Wildman–Crippen LogP) is 0.842. The van der Waals surface area contributed by atoms with Crippen molar-refractivity contribution in [2.45, 2.75) is 13.3 Å². The average Bonchev–Trinajstić information content (AvgIpc) is 2.32. The Hall–Kier alpha value is -2.37. The van der Waals surface area contributed by atoms with E-state index in [2.05, 4.69) is 5.32 Å². The summed E-state index contributed by atoms with van der Waals surface area (Å²) in [7, 11) is 0. The number of hydrogen-bond donors (Lipinski definition) is 1. The highest BCUT2D eigenvalue weighted by molar-refractivity contribution is 6.14. The molecule has 1 heterocycles. The number of barbiturate groups is 1. The molecule has 100 valence electrons. The van der Waals surface area contributed by atoms with Gasteiger partial charge >= 0.3 is 6.03 Å². The molecule has 1 saturated heterocycles. The van der Waals surface area contributed by atoms with Crippen LogP contribution in [0.3, 0.4) is 0 Å². The lowest BCUT2D eigenvalue weighted by atomic mass is 10.2. The quantitative estimate of drug-likeness (QED) is 0.816. The van der Waals surface area contributed by atoms with Crippen LogP contribution in [0.4, 0.5) is 4.79 Å². The highest BCUT2D eigenvalue weighted by atomic mass is 16.5. The summed E-state index contributed by atoms with van der Waals surface area (Å²) >= 11 is 0. The Morgan fingerprint density at radius 3 is 2.79 bits per heavy atom. The molecule has 2 rings (SSSR count). The zero-order valence-corrected chi connectivity index (χ0v) is 10.5. The van der Waals surface area contributed by atoms with Gasteiger partial charge in [0.15, 0.2) is 0 Å². The molecular formula is C13H14N2O4. The number of benzene rings is 1. The Kier molecular flexibility index (Phi) is 3.79. The molecule has 1 aliphatic heterocycles. The molecule has 6 heteroatoms. The van der Waals surface area contributed by atoms with E-state index in [-0.39, 0.29) is 19.6 Å². The first-order valence-electron chi connectivity index (χ1n) is 5.90. The zero-order valence-electron chi connectivity index (χ0n) is 10.5. The smallest absolute Gasteiger partial charge is 0.330 e. The van der Waals surface area contributed by atoms with Crippen molar-refractivity contribution in [2.75, 3.05) is 13.2 Å². The van der Waals surface area contributed by atoms with E-state index >= 15 is 0 Å². The van der Waals surface area contributed by atoms with Gasteiger partial charge in [-0.05, 0) is 24.6 Å². The SMILES string of the molecule is Cc1cccc(OCCN2C(=O)CC(=O)NC2=O)c1. The van der Waals surface area contributed by atoms with Crippen LogP contribution in [-0.4, -0.2) is 35.9 Å². The summed E-state index contributed by atoms with van der Waals surface area (Å²) in [6.45, 7) is 2.25. The summed E-state index contributed by atoms with van der Waals surface area (Å²) in [6, 6.07) is 6.78. The topological polar surface area (TPSA) is 75.7 Å². The molecule has 0 saturated carbocycles. The van der Waals surface area contributed by atoms with Gasteiger partial charge in [-0.25, -0.2) is 4.79 Å². The number of carbonyl (C=O) groups is 3. The summed E-state index contributed by atoms with van der Waals surface area (Å²) in [4.78, 5) is 34.9. The van der Waals surface area contributed by atoms with Gasteiger partial charge in [0.05, 0.1) is 6.54 Å². The number of aryl methyl sites for hydroxylation is 1. The minimum atomic E-state index is -0.686. The van der Waals surface area contributed by atoms with Crippen molar-refractivity contribution in [1.29, 1.82) is 0 Å². The van der Waals surface area contributed by atoms with Crippen LogP contribution in [-0.2, 0) is 9.59 Å². The van der Waals surface area contributed by atoms with Crippen molar-refractivity contribution in [3.8, 4) is 5.75 Å². The van der Waals surface area contributed by atoms with E-state index < -0.39 is 17.8 Å². The summed E-state index contributed by atoms with van der Waals surface area (Å²) in [5, 5.41) is 2.09. The highest BCUT2D eigenvalue weighted by Crippen LogP contribution is 2.12. The minimum Gasteiger partial charge on any atom is -0.492 e. The normalized spacial score (nSPS) is 15.4. The number of hydrogen-bond acceptors (Lipinski definition) is 4. The number of urea groups is 1. The molecule has 0 bridgehead atoms. The lowest BCUT2D eigenvalue weighted by molar-refractivity contribution is -0.136. The summed E-state index contributed by atoms with van der Waals surface area (Å²) in [6.07, 6.45) is -0.295. The zero-order chi connectivity index (χ0) is 13.8. The molecule has 0 radical (unpaired) electrons. The molecule has 4 amide bonds. The average molecular weight is 262 g/mol. The first-order valence-corrected chi connectivity index (χ1v) is 5.90. The van der Waals surface area contributed by atoms with E-state index in [1.54, 1.807) is 6.07 Å². The first-order chi connectivity index (χ1) is 9.06. The molecule has 6 nitrogen and oxygen atoms in total. The highest BCUT2D eigenvalue weighted by Gasteiger charge is 2.30. The molecule has 0 aliphatic carbocycles. The largest absolute Gasteiger partial charge is 0.492 e. The van der Waals surface area contributed by atoms with E-state index in [1.165, 1.54) is 0 Å². The number of nitrogens with one attached hydrogen (secondary N) is 1. The molecule has 1 fully saturated rings. The van der Waals surface area contributed by atoms with Crippen LogP contribution in [0.1, 0.15) is 12.0 Å². The second kappa shape index (κ2) is 5.51. The van der Waals surface area contributed by atoms with Gasteiger partial charge in [0, 0.05) is 0 Å². The maximum Gasteiger partial charge on any atom is 0.330 e. The van der Waals surface area contributed by atoms with Crippen LogP contribution in [0.25, 0.3) is 0 Å². The van der Waals surface area contributed by atoms with Crippen molar-refractivity contribution in [2.24, 2.45) is 0 Å². The Labute approximate surface area is 110 Å². The van der Waals surface area contributed by atoms with Crippen LogP contribution in [0.2, 0.25) is 0 Å². The molecule has 0 spiro atoms. The van der Waals surface area contributed by atoms with Crippen molar-refractivity contribution < 1.29 is 19.1 Å². The van der Waals surface area contributed by atoms with E-state index in [0.717, 1.165) is 10.5 Å². The van der Waals surface area contributed by atoms with E-state index in [4.69, 9.17) is 4.74 Å². The monoisotopic (exact) mass is 262 g/mol. The third-order valence-electron chi connectivity index (χ3n) is 2.68. The van der Waals surface area contributed by atoms with Crippen molar-refractivity contribution in [3.05, 3.63) is 29.8 Å². The number of imide groups is 2. The fourth-order valence-corrected chi connectivity index (χ4v) is 1.76. The number of ether oxygens (including phenoxy) is 1. The Bertz CT molecular complexity index is 507. The fourth-order valence-electron chi connectivity index (χ4n) is 1.76. The van der Waals surface area contributed by atoms with E-state index in [0.29, 0.717) is 5.75 Å². The van der Waals surface area contributed by atoms with Gasteiger partial charge in [0.2, 0.25) is 11.8 Å². The van der Waals surface area contributed by atoms with Crippen molar-refractivity contribution >= 4 is 17.8 Å². The molecule has 1 N–H and O–H groups in total. The van der Waals surface area contributed by atoms with Crippen molar-refractivity contribution in [3.63, 3.8) is 0 Å². The van der Waals surface area contributed by atoms with Crippen LogP contribution in [0.5, 0.6) is 5.75 Å². The number of carbonyl (C=O) groups excluding carboxylic acids is 3. The summed E-state index contributed by atoms with van der Waals surface area (Å²) in [5.74, 6) is -0.381. The van der Waals surface area contributed by atoms with Gasteiger partial charge in [-0.15, -0.1) is 0 Å². The molecule has 0 atom stereocenters. The molecule has 1 aliphatic rings. The second-order valence-corrected chi connectivity index (χ2v) is 4.24.